The molecule has 2 rings (SSSR count). The zero-order valence-corrected chi connectivity index (χ0v) is 12.4. The van der Waals surface area contributed by atoms with E-state index < -0.39 is 0 Å². The number of para-hydroxylation sites is 1. The molecule has 1 N–H and O–H groups in total. The first-order valence-electron chi connectivity index (χ1n) is 7.15. The number of aryl methyl sites for hydroxylation is 1. The van der Waals surface area contributed by atoms with E-state index in [-0.39, 0.29) is 5.82 Å². The fourth-order valence-corrected chi connectivity index (χ4v) is 2.41. The first-order valence-corrected chi connectivity index (χ1v) is 7.15. The zero-order valence-electron chi connectivity index (χ0n) is 12.4. The minimum atomic E-state index is -0.242. The Balaban J connectivity index is 2.23. The third kappa shape index (κ3) is 3.07. The van der Waals surface area contributed by atoms with Crippen LogP contribution in [0.3, 0.4) is 0 Å². The zero-order chi connectivity index (χ0) is 14.5. The second kappa shape index (κ2) is 6.66. The van der Waals surface area contributed by atoms with Gasteiger partial charge in [0.05, 0.1) is 5.69 Å². The Hall–Kier alpha value is -1.68. The summed E-state index contributed by atoms with van der Waals surface area (Å²) in [7, 11) is 0. The van der Waals surface area contributed by atoms with Crippen molar-refractivity contribution in [2.75, 3.05) is 13.1 Å². The van der Waals surface area contributed by atoms with E-state index in [2.05, 4.69) is 17.3 Å². The van der Waals surface area contributed by atoms with Gasteiger partial charge in [0, 0.05) is 5.69 Å². The lowest BCUT2D eigenvalue weighted by molar-refractivity contribution is 0.608. The Kier molecular flexibility index (Phi) is 4.90. The molecule has 0 bridgehead atoms. The summed E-state index contributed by atoms with van der Waals surface area (Å²) in [4.78, 5) is 0. The van der Waals surface area contributed by atoms with Crippen LogP contribution >= 0.6 is 0 Å². The first kappa shape index (κ1) is 14.7. The third-order valence-electron chi connectivity index (χ3n) is 3.50. The summed E-state index contributed by atoms with van der Waals surface area (Å²) >= 11 is 0. The molecule has 4 heteroatoms. The molecule has 1 aromatic carbocycles. The smallest absolute Gasteiger partial charge is 0.148 e. The van der Waals surface area contributed by atoms with Gasteiger partial charge in [-0.3, -0.25) is 0 Å². The van der Waals surface area contributed by atoms with Gasteiger partial charge in [-0.2, -0.15) is 5.10 Å². The highest BCUT2D eigenvalue weighted by molar-refractivity contribution is 5.38. The summed E-state index contributed by atoms with van der Waals surface area (Å²) in [5, 5.41) is 7.88. The van der Waals surface area contributed by atoms with E-state index in [9.17, 15) is 4.39 Å². The molecular weight excluding hydrogens is 253 g/mol. The van der Waals surface area contributed by atoms with Crippen LogP contribution in [0.25, 0.3) is 5.69 Å². The van der Waals surface area contributed by atoms with Gasteiger partial charge in [0.1, 0.15) is 11.5 Å². The Labute approximate surface area is 119 Å². The fraction of sp³-hybridized carbons (Fsp3) is 0.438. The Bertz CT molecular complexity index is 575. The lowest BCUT2D eigenvalue weighted by Gasteiger charge is -2.07. The number of aromatic nitrogens is 2. The molecule has 0 unspecified atom stereocenters. The van der Waals surface area contributed by atoms with Gasteiger partial charge < -0.3 is 5.32 Å². The molecule has 0 spiro atoms. The number of halogens is 1. The maximum absolute atomic E-state index is 13.9. The lowest BCUT2D eigenvalue weighted by Crippen LogP contribution is -2.18. The summed E-state index contributed by atoms with van der Waals surface area (Å²) < 4.78 is 15.6. The Morgan fingerprint density at radius 2 is 1.95 bits per heavy atom. The third-order valence-corrected chi connectivity index (χ3v) is 3.50. The summed E-state index contributed by atoms with van der Waals surface area (Å²) in [6, 6.07) is 6.75. The fourth-order valence-electron chi connectivity index (χ4n) is 2.41. The van der Waals surface area contributed by atoms with E-state index in [4.69, 9.17) is 0 Å². The molecule has 3 nitrogen and oxygen atoms in total. The van der Waals surface area contributed by atoms with Crippen LogP contribution in [0.4, 0.5) is 4.39 Å². The predicted molar refractivity (Wildman–Crippen MR) is 79.9 cm³/mol. The molecule has 108 valence electrons. The summed E-state index contributed by atoms with van der Waals surface area (Å²) in [6.07, 6.45) is 2.05. The van der Waals surface area contributed by atoms with Crippen molar-refractivity contribution in [1.82, 2.24) is 15.1 Å². The SMILES string of the molecule is CCCNCCc1c(C)nn(-c2ccccc2F)c1C. The largest absolute Gasteiger partial charge is 0.316 e. The van der Waals surface area contributed by atoms with E-state index >= 15 is 0 Å². The quantitative estimate of drug-likeness (QED) is 0.821. The van der Waals surface area contributed by atoms with Crippen molar-refractivity contribution in [2.24, 2.45) is 0 Å². The molecule has 0 atom stereocenters. The highest BCUT2D eigenvalue weighted by Gasteiger charge is 2.14. The minimum Gasteiger partial charge on any atom is -0.316 e. The van der Waals surface area contributed by atoms with Gasteiger partial charge in [0.2, 0.25) is 0 Å². The molecule has 0 aliphatic heterocycles. The van der Waals surface area contributed by atoms with Gasteiger partial charge in [-0.25, -0.2) is 9.07 Å². The van der Waals surface area contributed by atoms with Gasteiger partial charge >= 0.3 is 0 Å². The number of hydrogen-bond acceptors (Lipinski definition) is 2. The topological polar surface area (TPSA) is 29.9 Å². The van der Waals surface area contributed by atoms with Crippen molar-refractivity contribution in [3.05, 3.63) is 47.0 Å². The summed E-state index contributed by atoms with van der Waals surface area (Å²) in [5.41, 5.74) is 3.72. The highest BCUT2D eigenvalue weighted by atomic mass is 19.1. The number of benzene rings is 1. The first-order chi connectivity index (χ1) is 9.65. The van der Waals surface area contributed by atoms with Crippen LogP contribution < -0.4 is 5.32 Å². The van der Waals surface area contributed by atoms with E-state index in [0.29, 0.717) is 5.69 Å². The van der Waals surface area contributed by atoms with Crippen molar-refractivity contribution >= 4 is 0 Å². The standard InChI is InChI=1S/C16H22FN3/c1-4-10-18-11-9-14-12(2)19-20(13(14)3)16-8-6-5-7-15(16)17/h5-8,18H,4,9-11H2,1-3H3. The van der Waals surface area contributed by atoms with Gasteiger partial charge in [-0.1, -0.05) is 19.1 Å². The van der Waals surface area contributed by atoms with Crippen molar-refractivity contribution in [2.45, 2.75) is 33.6 Å². The van der Waals surface area contributed by atoms with Gasteiger partial charge in [-0.05, 0) is 57.5 Å². The molecule has 0 aliphatic rings. The average molecular weight is 275 g/mol. The molecule has 0 aliphatic carbocycles. The van der Waals surface area contributed by atoms with Crippen molar-refractivity contribution < 1.29 is 4.39 Å². The maximum atomic E-state index is 13.9. The molecule has 0 amide bonds. The molecule has 20 heavy (non-hydrogen) atoms. The summed E-state index contributed by atoms with van der Waals surface area (Å²) in [5.74, 6) is -0.242. The molecule has 0 saturated heterocycles. The van der Waals surface area contributed by atoms with Gasteiger partial charge in [0.15, 0.2) is 0 Å². The van der Waals surface area contributed by atoms with E-state index in [1.807, 2.05) is 19.9 Å². The van der Waals surface area contributed by atoms with E-state index in [0.717, 1.165) is 37.3 Å². The predicted octanol–water partition coefficient (Wildman–Crippen LogP) is 3.17. The van der Waals surface area contributed by atoms with Crippen molar-refractivity contribution in [1.29, 1.82) is 0 Å². The molecule has 0 fully saturated rings. The normalized spacial score (nSPS) is 11.0. The molecule has 0 radical (unpaired) electrons. The molecule has 0 saturated carbocycles. The number of nitrogens with one attached hydrogen (secondary N) is 1. The van der Waals surface area contributed by atoms with E-state index in [1.165, 1.54) is 11.6 Å². The number of rotatable bonds is 6. The minimum absolute atomic E-state index is 0.242. The highest BCUT2D eigenvalue weighted by Crippen LogP contribution is 2.20. The van der Waals surface area contributed by atoms with Crippen LogP contribution in [-0.4, -0.2) is 22.9 Å². The molecule has 1 aromatic heterocycles. The Morgan fingerprint density at radius 3 is 2.65 bits per heavy atom. The maximum Gasteiger partial charge on any atom is 0.148 e. The van der Waals surface area contributed by atoms with Crippen LogP contribution in [0.5, 0.6) is 0 Å². The molecular formula is C16H22FN3. The van der Waals surface area contributed by atoms with Crippen LogP contribution in [0, 0.1) is 19.7 Å². The van der Waals surface area contributed by atoms with Gasteiger partial charge in [-0.15, -0.1) is 0 Å². The number of nitrogens with zero attached hydrogens (tertiary/aromatic N) is 2. The molecule has 2 aromatic rings. The summed E-state index contributed by atoms with van der Waals surface area (Å²) in [6.45, 7) is 8.10. The number of hydrogen-bond donors (Lipinski definition) is 1. The van der Waals surface area contributed by atoms with Crippen LogP contribution in [0.15, 0.2) is 24.3 Å². The average Bonchev–Trinajstić information content (AvgIpc) is 2.71. The van der Waals surface area contributed by atoms with Gasteiger partial charge in [0.25, 0.3) is 0 Å². The monoisotopic (exact) mass is 275 g/mol. The molecule has 1 heterocycles. The lowest BCUT2D eigenvalue weighted by atomic mass is 10.1. The van der Waals surface area contributed by atoms with Crippen molar-refractivity contribution in [3.8, 4) is 5.69 Å². The van der Waals surface area contributed by atoms with Crippen LogP contribution in [0.1, 0.15) is 30.3 Å². The Morgan fingerprint density at radius 1 is 1.20 bits per heavy atom. The van der Waals surface area contributed by atoms with Crippen LogP contribution in [0.2, 0.25) is 0 Å². The second-order valence-corrected chi connectivity index (χ2v) is 5.01. The van der Waals surface area contributed by atoms with E-state index in [1.54, 1.807) is 16.8 Å². The second-order valence-electron chi connectivity index (χ2n) is 5.01. The van der Waals surface area contributed by atoms with Crippen molar-refractivity contribution in [3.63, 3.8) is 0 Å². The van der Waals surface area contributed by atoms with Crippen LogP contribution in [-0.2, 0) is 6.42 Å².